The standard InChI is InChI=1S/C20H20F2N2O3/c1-12-5-13(2)7-15(6-12)24-10-16(27-11-19(24)25)9-23-20(26)14-3-4-17(21)18(22)8-14/h3-8,16H,9-11H2,1-2H3,(H,23,26). The third-order valence-electron chi connectivity index (χ3n) is 4.32. The van der Waals surface area contributed by atoms with Crippen molar-refractivity contribution < 1.29 is 23.1 Å². The summed E-state index contributed by atoms with van der Waals surface area (Å²) in [5.74, 6) is -2.77. The van der Waals surface area contributed by atoms with Gasteiger partial charge in [-0.05, 0) is 55.3 Å². The maximum atomic E-state index is 13.3. The van der Waals surface area contributed by atoms with E-state index in [0.29, 0.717) is 6.54 Å². The van der Waals surface area contributed by atoms with E-state index in [4.69, 9.17) is 4.74 Å². The maximum absolute atomic E-state index is 13.3. The number of rotatable bonds is 4. The third-order valence-corrected chi connectivity index (χ3v) is 4.32. The number of morpholine rings is 1. The lowest BCUT2D eigenvalue weighted by molar-refractivity contribution is -0.129. The van der Waals surface area contributed by atoms with Gasteiger partial charge >= 0.3 is 0 Å². The summed E-state index contributed by atoms with van der Waals surface area (Å²) >= 11 is 0. The number of halogens is 2. The smallest absolute Gasteiger partial charge is 0.253 e. The molecule has 142 valence electrons. The Morgan fingerprint density at radius 3 is 2.52 bits per heavy atom. The molecule has 0 spiro atoms. The first-order valence-electron chi connectivity index (χ1n) is 8.57. The van der Waals surface area contributed by atoms with Gasteiger partial charge in [-0.2, -0.15) is 0 Å². The van der Waals surface area contributed by atoms with Crippen LogP contribution in [0.25, 0.3) is 0 Å². The zero-order valence-electron chi connectivity index (χ0n) is 15.1. The second-order valence-electron chi connectivity index (χ2n) is 6.62. The van der Waals surface area contributed by atoms with Crippen LogP contribution in [0, 0.1) is 25.5 Å². The Morgan fingerprint density at radius 2 is 1.85 bits per heavy atom. The van der Waals surface area contributed by atoms with Crippen LogP contribution in [0.5, 0.6) is 0 Å². The molecule has 0 aliphatic carbocycles. The topological polar surface area (TPSA) is 58.6 Å². The maximum Gasteiger partial charge on any atom is 0.253 e. The van der Waals surface area contributed by atoms with E-state index in [1.807, 2.05) is 32.0 Å². The van der Waals surface area contributed by atoms with E-state index >= 15 is 0 Å². The highest BCUT2D eigenvalue weighted by molar-refractivity contribution is 5.95. The predicted molar refractivity (Wildman–Crippen MR) is 96.7 cm³/mol. The average molecular weight is 374 g/mol. The molecule has 0 saturated carbocycles. The van der Waals surface area contributed by atoms with Gasteiger partial charge in [0.2, 0.25) is 0 Å². The molecule has 1 saturated heterocycles. The first-order chi connectivity index (χ1) is 12.8. The summed E-state index contributed by atoms with van der Waals surface area (Å²) in [6.07, 6.45) is -0.405. The lowest BCUT2D eigenvalue weighted by Crippen LogP contribution is -2.50. The van der Waals surface area contributed by atoms with Gasteiger partial charge in [-0.1, -0.05) is 6.07 Å². The minimum Gasteiger partial charge on any atom is -0.365 e. The number of nitrogens with zero attached hydrogens (tertiary/aromatic N) is 1. The van der Waals surface area contributed by atoms with E-state index in [1.54, 1.807) is 4.90 Å². The normalized spacial score (nSPS) is 17.1. The summed E-state index contributed by atoms with van der Waals surface area (Å²) in [4.78, 5) is 26.0. The Labute approximate surface area is 155 Å². The highest BCUT2D eigenvalue weighted by Crippen LogP contribution is 2.22. The zero-order valence-corrected chi connectivity index (χ0v) is 15.1. The summed E-state index contributed by atoms with van der Waals surface area (Å²) in [7, 11) is 0. The van der Waals surface area contributed by atoms with Crippen LogP contribution < -0.4 is 10.2 Å². The summed E-state index contributed by atoms with van der Waals surface area (Å²) in [5, 5.41) is 2.63. The first-order valence-corrected chi connectivity index (χ1v) is 8.57. The molecular formula is C20H20F2N2O3. The van der Waals surface area contributed by atoms with Crippen molar-refractivity contribution in [2.24, 2.45) is 0 Å². The van der Waals surface area contributed by atoms with Gasteiger partial charge in [0.15, 0.2) is 11.6 Å². The summed E-state index contributed by atoms with van der Waals surface area (Å²) in [6, 6.07) is 8.83. The molecule has 2 aromatic rings. The molecular weight excluding hydrogens is 354 g/mol. The third kappa shape index (κ3) is 4.49. The summed E-state index contributed by atoms with van der Waals surface area (Å²) in [6.45, 7) is 4.27. The molecule has 2 aromatic carbocycles. The highest BCUT2D eigenvalue weighted by Gasteiger charge is 2.28. The van der Waals surface area contributed by atoms with E-state index in [9.17, 15) is 18.4 Å². The predicted octanol–water partition coefficient (Wildman–Crippen LogP) is 2.74. The van der Waals surface area contributed by atoms with Crippen LogP contribution in [0.1, 0.15) is 21.5 Å². The van der Waals surface area contributed by atoms with Crippen LogP contribution in [0.2, 0.25) is 0 Å². The average Bonchev–Trinajstić information content (AvgIpc) is 2.62. The monoisotopic (exact) mass is 374 g/mol. The Hall–Kier alpha value is -2.80. The molecule has 1 atom stereocenters. The van der Waals surface area contributed by atoms with E-state index in [-0.39, 0.29) is 24.6 Å². The number of benzene rings is 2. The van der Waals surface area contributed by atoms with Gasteiger partial charge in [-0.25, -0.2) is 8.78 Å². The highest BCUT2D eigenvalue weighted by atomic mass is 19.2. The summed E-state index contributed by atoms with van der Waals surface area (Å²) in [5.41, 5.74) is 2.91. The zero-order chi connectivity index (χ0) is 19.6. The number of hydrogen-bond donors (Lipinski definition) is 1. The van der Waals surface area contributed by atoms with Crippen LogP contribution in [0.4, 0.5) is 14.5 Å². The minimum atomic E-state index is -1.08. The van der Waals surface area contributed by atoms with Crippen LogP contribution in [-0.4, -0.2) is 37.6 Å². The fourth-order valence-electron chi connectivity index (χ4n) is 3.05. The number of ether oxygens (including phenoxy) is 1. The van der Waals surface area contributed by atoms with Gasteiger partial charge < -0.3 is 15.0 Å². The number of amides is 2. The second-order valence-corrected chi connectivity index (χ2v) is 6.62. The molecule has 5 nitrogen and oxygen atoms in total. The molecule has 2 amide bonds. The van der Waals surface area contributed by atoms with E-state index in [0.717, 1.165) is 28.9 Å². The molecule has 0 radical (unpaired) electrons. The SMILES string of the molecule is Cc1cc(C)cc(N2CC(CNC(=O)c3ccc(F)c(F)c3)OCC2=O)c1. The molecule has 3 rings (SSSR count). The molecule has 0 bridgehead atoms. The Morgan fingerprint density at radius 1 is 1.15 bits per heavy atom. The molecule has 1 aliphatic rings. The Balaban J connectivity index is 1.64. The molecule has 27 heavy (non-hydrogen) atoms. The molecule has 0 aromatic heterocycles. The lowest BCUT2D eigenvalue weighted by Gasteiger charge is -2.33. The Bertz CT molecular complexity index is 865. The molecule has 1 N–H and O–H groups in total. The number of nitrogens with one attached hydrogen (secondary N) is 1. The van der Waals surface area contributed by atoms with Gasteiger partial charge in [-0.15, -0.1) is 0 Å². The number of carbonyl (C=O) groups is 2. The van der Waals surface area contributed by atoms with Crippen molar-refractivity contribution in [2.75, 3.05) is 24.6 Å². The lowest BCUT2D eigenvalue weighted by atomic mass is 10.1. The van der Waals surface area contributed by atoms with Crippen LogP contribution >= 0.6 is 0 Å². The van der Waals surface area contributed by atoms with Crippen molar-refractivity contribution in [1.82, 2.24) is 5.32 Å². The molecule has 1 fully saturated rings. The largest absolute Gasteiger partial charge is 0.365 e. The van der Waals surface area contributed by atoms with E-state index in [2.05, 4.69) is 5.32 Å². The van der Waals surface area contributed by atoms with Crippen molar-refractivity contribution in [3.8, 4) is 0 Å². The van der Waals surface area contributed by atoms with Gasteiger partial charge in [0.05, 0.1) is 12.6 Å². The van der Waals surface area contributed by atoms with Crippen molar-refractivity contribution in [1.29, 1.82) is 0 Å². The Kier molecular flexibility index (Phi) is 5.51. The molecule has 1 aliphatic heterocycles. The van der Waals surface area contributed by atoms with Gasteiger partial charge in [0.1, 0.15) is 6.61 Å². The minimum absolute atomic E-state index is 0.0203. The van der Waals surface area contributed by atoms with Gasteiger partial charge in [0, 0.05) is 17.8 Å². The van der Waals surface area contributed by atoms with Crippen molar-refractivity contribution in [3.63, 3.8) is 0 Å². The van der Waals surface area contributed by atoms with Crippen LogP contribution in [0.15, 0.2) is 36.4 Å². The van der Waals surface area contributed by atoms with Crippen molar-refractivity contribution in [3.05, 3.63) is 64.7 Å². The fourth-order valence-corrected chi connectivity index (χ4v) is 3.05. The molecule has 7 heteroatoms. The first kappa shape index (κ1) is 19.0. The van der Waals surface area contributed by atoms with Gasteiger partial charge in [0.25, 0.3) is 11.8 Å². The number of hydrogen-bond acceptors (Lipinski definition) is 3. The van der Waals surface area contributed by atoms with Crippen molar-refractivity contribution in [2.45, 2.75) is 20.0 Å². The second kappa shape index (κ2) is 7.84. The van der Waals surface area contributed by atoms with Crippen molar-refractivity contribution >= 4 is 17.5 Å². The quantitative estimate of drug-likeness (QED) is 0.895. The molecule has 1 unspecified atom stereocenters. The van der Waals surface area contributed by atoms with Crippen LogP contribution in [-0.2, 0) is 9.53 Å². The number of aryl methyl sites for hydroxylation is 2. The van der Waals surface area contributed by atoms with E-state index in [1.165, 1.54) is 6.07 Å². The van der Waals surface area contributed by atoms with Crippen LogP contribution in [0.3, 0.4) is 0 Å². The van der Waals surface area contributed by atoms with E-state index < -0.39 is 23.6 Å². The molecule has 1 heterocycles. The fraction of sp³-hybridized carbons (Fsp3) is 0.300. The summed E-state index contributed by atoms with van der Waals surface area (Å²) < 4.78 is 31.7. The number of carbonyl (C=O) groups excluding carboxylic acids is 2. The van der Waals surface area contributed by atoms with Gasteiger partial charge in [-0.3, -0.25) is 9.59 Å². The number of anilines is 1.